The van der Waals surface area contributed by atoms with E-state index in [1.54, 1.807) is 17.0 Å². The molecule has 1 amide bonds. The van der Waals surface area contributed by atoms with Crippen LogP contribution in [-0.4, -0.2) is 17.4 Å². The third-order valence-electron chi connectivity index (χ3n) is 2.22. The molecular weight excluding hydrogens is 184 g/mol. The molecule has 1 aliphatic heterocycles. The average molecular weight is 192 g/mol. The number of rotatable bonds is 2. The van der Waals surface area contributed by atoms with Gasteiger partial charge in [-0.15, -0.1) is 0 Å². The zero-order valence-electron chi connectivity index (χ0n) is 7.34. The number of nitro groups is 1. The van der Waals surface area contributed by atoms with Gasteiger partial charge in [0, 0.05) is 30.8 Å². The molecule has 14 heavy (non-hydrogen) atoms. The van der Waals surface area contributed by atoms with Crippen molar-refractivity contribution in [1.29, 1.82) is 0 Å². The third-order valence-corrected chi connectivity index (χ3v) is 2.22. The average Bonchev–Trinajstić information content (AvgIpc) is 2.16. The number of nitro benzene ring substituents is 1. The quantitative estimate of drug-likeness (QED) is 0.403. The van der Waals surface area contributed by atoms with Crippen molar-refractivity contribution in [2.24, 2.45) is 0 Å². The van der Waals surface area contributed by atoms with E-state index in [1.165, 1.54) is 12.1 Å². The van der Waals surface area contributed by atoms with Crippen molar-refractivity contribution in [3.05, 3.63) is 34.4 Å². The maximum absolute atomic E-state index is 11.0. The van der Waals surface area contributed by atoms with Gasteiger partial charge in [-0.3, -0.25) is 14.9 Å². The van der Waals surface area contributed by atoms with Gasteiger partial charge in [0.2, 0.25) is 5.91 Å². The van der Waals surface area contributed by atoms with Gasteiger partial charge >= 0.3 is 0 Å². The topological polar surface area (TPSA) is 63.5 Å². The molecule has 0 spiro atoms. The Kier molecular flexibility index (Phi) is 1.92. The first-order chi connectivity index (χ1) is 6.68. The van der Waals surface area contributed by atoms with Crippen LogP contribution in [0.4, 0.5) is 11.4 Å². The standard InChI is InChI=1S/C9H8N2O3/c12-9-5-6-10(9)7-1-3-8(4-2-7)11(13)14/h1-4H,5-6H2. The Labute approximate surface area is 80.1 Å². The van der Waals surface area contributed by atoms with E-state index < -0.39 is 4.92 Å². The molecule has 0 bridgehead atoms. The molecular formula is C9H8N2O3. The summed E-state index contributed by atoms with van der Waals surface area (Å²) in [6.45, 7) is 0.705. The number of non-ortho nitro benzene ring substituents is 1. The second-order valence-electron chi connectivity index (χ2n) is 3.07. The van der Waals surface area contributed by atoms with Gasteiger partial charge in [-0.1, -0.05) is 0 Å². The summed E-state index contributed by atoms with van der Waals surface area (Å²) in [6.07, 6.45) is 0.566. The fourth-order valence-corrected chi connectivity index (χ4v) is 1.34. The van der Waals surface area contributed by atoms with Crippen LogP contribution in [0, 0.1) is 10.1 Å². The van der Waals surface area contributed by atoms with Crippen LogP contribution in [0.5, 0.6) is 0 Å². The number of carbonyl (C=O) groups excluding carboxylic acids is 1. The lowest BCUT2D eigenvalue weighted by atomic mass is 10.1. The van der Waals surface area contributed by atoms with Crippen LogP contribution >= 0.6 is 0 Å². The molecule has 5 nitrogen and oxygen atoms in total. The van der Waals surface area contributed by atoms with Gasteiger partial charge in [0.05, 0.1) is 4.92 Å². The second-order valence-corrected chi connectivity index (χ2v) is 3.07. The number of hydrogen-bond acceptors (Lipinski definition) is 3. The van der Waals surface area contributed by atoms with E-state index >= 15 is 0 Å². The van der Waals surface area contributed by atoms with E-state index in [1.807, 2.05) is 0 Å². The summed E-state index contributed by atoms with van der Waals surface area (Å²) in [5.41, 5.74) is 0.772. The summed E-state index contributed by atoms with van der Waals surface area (Å²) in [4.78, 5) is 22.5. The molecule has 1 fully saturated rings. The number of carbonyl (C=O) groups is 1. The first-order valence-electron chi connectivity index (χ1n) is 4.23. The van der Waals surface area contributed by atoms with E-state index in [2.05, 4.69) is 0 Å². The number of amides is 1. The predicted molar refractivity (Wildman–Crippen MR) is 50.1 cm³/mol. The number of nitrogens with zero attached hydrogens (tertiary/aromatic N) is 2. The van der Waals surface area contributed by atoms with Crippen LogP contribution < -0.4 is 4.90 Å². The number of benzene rings is 1. The predicted octanol–water partition coefficient (Wildman–Crippen LogP) is 1.33. The van der Waals surface area contributed by atoms with Crippen molar-refractivity contribution in [1.82, 2.24) is 0 Å². The molecule has 0 unspecified atom stereocenters. The molecule has 1 aliphatic rings. The highest BCUT2D eigenvalue weighted by Crippen LogP contribution is 2.23. The molecule has 0 radical (unpaired) electrons. The van der Waals surface area contributed by atoms with Crippen molar-refractivity contribution in [3.63, 3.8) is 0 Å². The molecule has 0 saturated carbocycles. The van der Waals surface area contributed by atoms with Gasteiger partial charge in [0.15, 0.2) is 0 Å². The lowest BCUT2D eigenvalue weighted by Gasteiger charge is -2.30. The summed E-state index contributed by atoms with van der Waals surface area (Å²) >= 11 is 0. The van der Waals surface area contributed by atoms with Gasteiger partial charge in [0.1, 0.15) is 0 Å². The summed E-state index contributed by atoms with van der Waals surface area (Å²) in [5.74, 6) is 0.0684. The molecule has 1 saturated heterocycles. The Balaban J connectivity index is 2.21. The Hall–Kier alpha value is -1.91. The van der Waals surface area contributed by atoms with E-state index in [-0.39, 0.29) is 11.6 Å². The van der Waals surface area contributed by atoms with Crippen LogP contribution in [0.3, 0.4) is 0 Å². The van der Waals surface area contributed by atoms with Crippen LogP contribution in [0.15, 0.2) is 24.3 Å². The Morgan fingerprint density at radius 1 is 1.29 bits per heavy atom. The fraction of sp³-hybridized carbons (Fsp3) is 0.222. The second kappa shape index (κ2) is 3.10. The van der Waals surface area contributed by atoms with Gasteiger partial charge in [-0.05, 0) is 12.1 Å². The molecule has 0 atom stereocenters. The van der Waals surface area contributed by atoms with Crippen LogP contribution in [0.25, 0.3) is 0 Å². The van der Waals surface area contributed by atoms with Crippen LogP contribution in [0.1, 0.15) is 6.42 Å². The molecule has 1 aromatic rings. The van der Waals surface area contributed by atoms with Crippen molar-refractivity contribution >= 4 is 17.3 Å². The zero-order chi connectivity index (χ0) is 10.1. The maximum atomic E-state index is 11.0. The highest BCUT2D eigenvalue weighted by atomic mass is 16.6. The van der Waals surface area contributed by atoms with Crippen molar-refractivity contribution < 1.29 is 9.72 Å². The Morgan fingerprint density at radius 2 is 1.93 bits per heavy atom. The number of β-lactam (4-membered cyclic amide) rings is 1. The molecule has 1 heterocycles. The van der Waals surface area contributed by atoms with Gasteiger partial charge in [0.25, 0.3) is 5.69 Å². The highest BCUT2D eigenvalue weighted by molar-refractivity contribution is 5.99. The normalized spacial score (nSPS) is 15.1. The summed E-state index contributed by atoms with van der Waals surface area (Å²) in [7, 11) is 0. The molecule has 0 aromatic heterocycles. The summed E-state index contributed by atoms with van der Waals surface area (Å²) in [6, 6.07) is 5.99. The molecule has 72 valence electrons. The van der Waals surface area contributed by atoms with Gasteiger partial charge < -0.3 is 4.90 Å². The van der Waals surface area contributed by atoms with E-state index in [0.29, 0.717) is 13.0 Å². The molecule has 1 aromatic carbocycles. The van der Waals surface area contributed by atoms with E-state index in [0.717, 1.165) is 5.69 Å². The fourth-order valence-electron chi connectivity index (χ4n) is 1.34. The van der Waals surface area contributed by atoms with Crippen molar-refractivity contribution in [3.8, 4) is 0 Å². The summed E-state index contributed by atoms with van der Waals surface area (Å²) < 4.78 is 0. The van der Waals surface area contributed by atoms with Gasteiger partial charge in [-0.25, -0.2) is 0 Å². The molecule has 0 N–H and O–H groups in total. The lowest BCUT2D eigenvalue weighted by Crippen LogP contribution is -2.43. The lowest BCUT2D eigenvalue weighted by molar-refractivity contribution is -0.384. The first kappa shape index (κ1) is 8.68. The first-order valence-corrected chi connectivity index (χ1v) is 4.23. The number of anilines is 1. The minimum Gasteiger partial charge on any atom is -0.312 e. The highest BCUT2D eigenvalue weighted by Gasteiger charge is 2.25. The van der Waals surface area contributed by atoms with Gasteiger partial charge in [-0.2, -0.15) is 0 Å². The van der Waals surface area contributed by atoms with Crippen LogP contribution in [-0.2, 0) is 4.79 Å². The molecule has 0 aliphatic carbocycles. The van der Waals surface area contributed by atoms with Crippen LogP contribution in [0.2, 0.25) is 0 Å². The minimum absolute atomic E-state index is 0.0433. The Bertz CT molecular complexity index is 386. The maximum Gasteiger partial charge on any atom is 0.269 e. The largest absolute Gasteiger partial charge is 0.312 e. The SMILES string of the molecule is O=C1CCN1c1ccc([N+](=O)[O-])cc1. The zero-order valence-corrected chi connectivity index (χ0v) is 7.34. The summed E-state index contributed by atoms with van der Waals surface area (Å²) in [5, 5.41) is 10.4. The minimum atomic E-state index is -0.457. The monoisotopic (exact) mass is 192 g/mol. The van der Waals surface area contributed by atoms with Crippen molar-refractivity contribution in [2.45, 2.75) is 6.42 Å². The van der Waals surface area contributed by atoms with E-state index in [4.69, 9.17) is 0 Å². The van der Waals surface area contributed by atoms with E-state index in [9.17, 15) is 14.9 Å². The number of hydrogen-bond donors (Lipinski definition) is 0. The molecule has 2 rings (SSSR count). The third kappa shape index (κ3) is 1.32. The molecule has 5 heteroatoms. The smallest absolute Gasteiger partial charge is 0.269 e. The van der Waals surface area contributed by atoms with Crippen molar-refractivity contribution in [2.75, 3.05) is 11.4 Å². The Morgan fingerprint density at radius 3 is 2.29 bits per heavy atom.